The van der Waals surface area contributed by atoms with Crippen LogP contribution in [0.3, 0.4) is 0 Å². The predicted molar refractivity (Wildman–Crippen MR) is 97.1 cm³/mol. The summed E-state index contributed by atoms with van der Waals surface area (Å²) >= 11 is 0. The lowest BCUT2D eigenvalue weighted by Gasteiger charge is -2.26. The van der Waals surface area contributed by atoms with Gasteiger partial charge in [0, 0.05) is 18.7 Å². The summed E-state index contributed by atoms with van der Waals surface area (Å²) in [5, 5.41) is 3.48. The predicted octanol–water partition coefficient (Wildman–Crippen LogP) is 3.46. The van der Waals surface area contributed by atoms with Crippen LogP contribution in [0.25, 0.3) is 11.3 Å². The Labute approximate surface area is 144 Å². The van der Waals surface area contributed by atoms with Crippen molar-refractivity contribution in [1.29, 1.82) is 0 Å². The first-order chi connectivity index (χ1) is 11.8. The van der Waals surface area contributed by atoms with Crippen molar-refractivity contribution in [2.75, 3.05) is 39.4 Å². The SMILES string of the molecule is Cc1ccc(-c2ccc(CNCCCCN3CCOCC3)o2)cc1. The summed E-state index contributed by atoms with van der Waals surface area (Å²) in [4.78, 5) is 2.49. The lowest BCUT2D eigenvalue weighted by Crippen LogP contribution is -2.37. The number of nitrogens with zero attached hydrogens (tertiary/aromatic N) is 1. The third kappa shape index (κ3) is 5.20. The number of benzene rings is 1. The fraction of sp³-hybridized carbons (Fsp3) is 0.500. The van der Waals surface area contributed by atoms with Gasteiger partial charge in [0.2, 0.25) is 0 Å². The summed E-state index contributed by atoms with van der Waals surface area (Å²) in [5.41, 5.74) is 2.40. The number of furan rings is 1. The molecule has 0 aliphatic carbocycles. The fourth-order valence-corrected chi connectivity index (χ4v) is 2.97. The van der Waals surface area contributed by atoms with E-state index in [0.29, 0.717) is 0 Å². The van der Waals surface area contributed by atoms with Crippen LogP contribution in [-0.4, -0.2) is 44.3 Å². The third-order valence-corrected chi connectivity index (χ3v) is 4.48. The van der Waals surface area contributed by atoms with Crippen LogP contribution in [0.1, 0.15) is 24.2 Å². The lowest BCUT2D eigenvalue weighted by molar-refractivity contribution is 0.0372. The van der Waals surface area contributed by atoms with Crippen LogP contribution >= 0.6 is 0 Å². The molecule has 1 fully saturated rings. The summed E-state index contributed by atoms with van der Waals surface area (Å²) in [6.45, 7) is 9.06. The molecule has 0 spiro atoms. The summed E-state index contributed by atoms with van der Waals surface area (Å²) in [5.74, 6) is 1.94. The van der Waals surface area contributed by atoms with Gasteiger partial charge < -0.3 is 14.5 Å². The van der Waals surface area contributed by atoms with E-state index >= 15 is 0 Å². The summed E-state index contributed by atoms with van der Waals surface area (Å²) in [6, 6.07) is 12.6. The standard InChI is InChI=1S/C20H28N2O2/c1-17-4-6-18(7-5-17)20-9-8-19(24-20)16-21-10-2-3-11-22-12-14-23-15-13-22/h4-9,21H,2-3,10-16H2,1H3. The second kappa shape index (κ2) is 9.02. The molecule has 24 heavy (non-hydrogen) atoms. The second-order valence-electron chi connectivity index (χ2n) is 6.47. The number of unbranched alkanes of at least 4 members (excludes halogenated alkanes) is 1. The van der Waals surface area contributed by atoms with E-state index in [1.54, 1.807) is 0 Å². The molecular weight excluding hydrogens is 300 g/mol. The van der Waals surface area contributed by atoms with Crippen LogP contribution in [0.15, 0.2) is 40.8 Å². The van der Waals surface area contributed by atoms with Crippen molar-refractivity contribution in [2.45, 2.75) is 26.3 Å². The van der Waals surface area contributed by atoms with Gasteiger partial charge in [-0.1, -0.05) is 29.8 Å². The normalized spacial score (nSPS) is 15.7. The highest BCUT2D eigenvalue weighted by Crippen LogP contribution is 2.22. The van der Waals surface area contributed by atoms with Crippen LogP contribution < -0.4 is 5.32 Å². The van der Waals surface area contributed by atoms with Gasteiger partial charge in [0.15, 0.2) is 0 Å². The first kappa shape index (κ1) is 17.2. The highest BCUT2D eigenvalue weighted by atomic mass is 16.5. The molecule has 4 heteroatoms. The number of aryl methyl sites for hydroxylation is 1. The van der Waals surface area contributed by atoms with Crippen molar-refractivity contribution >= 4 is 0 Å². The van der Waals surface area contributed by atoms with Crippen LogP contribution in [0.4, 0.5) is 0 Å². The van der Waals surface area contributed by atoms with Crippen molar-refractivity contribution in [2.24, 2.45) is 0 Å². The van der Waals surface area contributed by atoms with Gasteiger partial charge in [-0.2, -0.15) is 0 Å². The lowest BCUT2D eigenvalue weighted by atomic mass is 10.1. The maximum atomic E-state index is 5.93. The smallest absolute Gasteiger partial charge is 0.134 e. The highest BCUT2D eigenvalue weighted by Gasteiger charge is 2.09. The molecule has 0 amide bonds. The van der Waals surface area contributed by atoms with Crippen molar-refractivity contribution in [3.05, 3.63) is 47.7 Å². The molecule has 1 aromatic carbocycles. The minimum Gasteiger partial charge on any atom is -0.460 e. The number of hydrogen-bond acceptors (Lipinski definition) is 4. The Bertz CT molecular complexity index is 600. The summed E-state index contributed by atoms with van der Waals surface area (Å²) in [7, 11) is 0. The van der Waals surface area contributed by atoms with Gasteiger partial charge in [0.25, 0.3) is 0 Å². The van der Waals surface area contributed by atoms with Crippen LogP contribution in [0.2, 0.25) is 0 Å². The molecule has 1 saturated heterocycles. The van der Waals surface area contributed by atoms with Crippen molar-refractivity contribution in [3.8, 4) is 11.3 Å². The highest BCUT2D eigenvalue weighted by molar-refractivity contribution is 5.57. The Morgan fingerprint density at radius 1 is 1.00 bits per heavy atom. The summed E-state index contributed by atoms with van der Waals surface area (Å²) < 4.78 is 11.3. The molecule has 0 atom stereocenters. The largest absolute Gasteiger partial charge is 0.460 e. The van der Waals surface area contributed by atoms with Crippen molar-refractivity contribution < 1.29 is 9.15 Å². The minimum absolute atomic E-state index is 0.795. The van der Waals surface area contributed by atoms with Gasteiger partial charge in [-0.25, -0.2) is 0 Å². The molecular formula is C20H28N2O2. The van der Waals surface area contributed by atoms with E-state index in [-0.39, 0.29) is 0 Å². The van der Waals surface area contributed by atoms with E-state index in [1.165, 1.54) is 24.9 Å². The monoisotopic (exact) mass is 328 g/mol. The Morgan fingerprint density at radius 3 is 2.58 bits per heavy atom. The maximum absolute atomic E-state index is 5.93. The van der Waals surface area contributed by atoms with E-state index in [0.717, 1.165) is 56.5 Å². The zero-order valence-corrected chi connectivity index (χ0v) is 14.6. The van der Waals surface area contributed by atoms with Crippen LogP contribution in [0, 0.1) is 6.92 Å². The Kier molecular flexibility index (Phi) is 6.47. The quantitative estimate of drug-likeness (QED) is 0.753. The molecule has 1 aliphatic heterocycles. The molecule has 1 aliphatic rings. The second-order valence-corrected chi connectivity index (χ2v) is 6.47. The first-order valence-corrected chi connectivity index (χ1v) is 8.98. The molecule has 4 nitrogen and oxygen atoms in total. The fourth-order valence-electron chi connectivity index (χ4n) is 2.97. The van der Waals surface area contributed by atoms with Gasteiger partial charge in [-0.15, -0.1) is 0 Å². The van der Waals surface area contributed by atoms with Gasteiger partial charge in [0.05, 0.1) is 19.8 Å². The average molecular weight is 328 g/mol. The Balaban J connectivity index is 1.33. The maximum Gasteiger partial charge on any atom is 0.134 e. The van der Waals surface area contributed by atoms with Crippen LogP contribution in [0.5, 0.6) is 0 Å². The first-order valence-electron chi connectivity index (χ1n) is 8.98. The molecule has 0 saturated carbocycles. The number of rotatable bonds is 8. The van der Waals surface area contributed by atoms with Crippen molar-refractivity contribution in [3.63, 3.8) is 0 Å². The molecule has 1 aromatic heterocycles. The van der Waals surface area contributed by atoms with E-state index in [2.05, 4.69) is 53.5 Å². The summed E-state index contributed by atoms with van der Waals surface area (Å²) in [6.07, 6.45) is 2.43. The molecule has 2 heterocycles. The zero-order chi connectivity index (χ0) is 16.6. The van der Waals surface area contributed by atoms with E-state index in [9.17, 15) is 0 Å². The number of hydrogen-bond donors (Lipinski definition) is 1. The molecule has 2 aromatic rings. The van der Waals surface area contributed by atoms with E-state index in [4.69, 9.17) is 9.15 Å². The van der Waals surface area contributed by atoms with Gasteiger partial charge >= 0.3 is 0 Å². The van der Waals surface area contributed by atoms with Gasteiger partial charge in [0.1, 0.15) is 11.5 Å². The molecule has 0 bridgehead atoms. The third-order valence-electron chi connectivity index (χ3n) is 4.48. The zero-order valence-electron chi connectivity index (χ0n) is 14.6. The Morgan fingerprint density at radius 2 is 1.79 bits per heavy atom. The van der Waals surface area contributed by atoms with E-state index < -0.39 is 0 Å². The van der Waals surface area contributed by atoms with Crippen molar-refractivity contribution in [1.82, 2.24) is 10.2 Å². The molecule has 1 N–H and O–H groups in total. The van der Waals surface area contributed by atoms with Gasteiger partial charge in [-0.05, 0) is 45.0 Å². The molecule has 0 unspecified atom stereocenters. The van der Waals surface area contributed by atoms with Crippen LogP contribution in [-0.2, 0) is 11.3 Å². The van der Waals surface area contributed by atoms with E-state index in [1.807, 2.05) is 0 Å². The average Bonchev–Trinajstić information content (AvgIpc) is 3.08. The number of morpholine rings is 1. The topological polar surface area (TPSA) is 37.6 Å². The van der Waals surface area contributed by atoms with Gasteiger partial charge in [-0.3, -0.25) is 4.90 Å². The number of nitrogens with one attached hydrogen (secondary N) is 1. The molecule has 3 rings (SSSR count). The Hall–Kier alpha value is -1.62. The minimum atomic E-state index is 0.795. The molecule has 130 valence electrons. The number of ether oxygens (including phenoxy) is 1. The molecule has 0 radical (unpaired) electrons.